The van der Waals surface area contributed by atoms with E-state index in [9.17, 15) is 4.79 Å². The van der Waals surface area contributed by atoms with Gasteiger partial charge in [0.05, 0.1) is 19.1 Å². The van der Waals surface area contributed by atoms with Crippen LogP contribution < -0.4 is 10.6 Å². The van der Waals surface area contributed by atoms with Gasteiger partial charge in [-0.15, -0.1) is 0 Å². The lowest BCUT2D eigenvalue weighted by molar-refractivity contribution is -0.125. The number of carbonyl (C=O) groups excluding carboxylic acids is 1. The van der Waals surface area contributed by atoms with Crippen molar-refractivity contribution in [1.29, 1.82) is 0 Å². The molecule has 4 heteroatoms. The van der Waals surface area contributed by atoms with Crippen LogP contribution in [0.15, 0.2) is 0 Å². The molecule has 1 aliphatic carbocycles. The molecular formula is C13H24N2O2. The maximum Gasteiger partial charge on any atom is 0.227 e. The van der Waals surface area contributed by atoms with E-state index in [2.05, 4.69) is 10.6 Å². The van der Waals surface area contributed by atoms with Gasteiger partial charge in [-0.25, -0.2) is 0 Å². The zero-order valence-electron chi connectivity index (χ0n) is 10.7. The molecule has 2 fully saturated rings. The Balaban J connectivity index is 1.66. The van der Waals surface area contributed by atoms with Crippen LogP contribution in [-0.4, -0.2) is 38.8 Å². The van der Waals surface area contributed by atoms with Gasteiger partial charge in [-0.2, -0.15) is 0 Å². The summed E-state index contributed by atoms with van der Waals surface area (Å²) in [6.07, 6.45) is 6.58. The summed E-state index contributed by atoms with van der Waals surface area (Å²) >= 11 is 0. The molecule has 2 unspecified atom stereocenters. The fraction of sp³-hybridized carbons (Fsp3) is 0.923. The van der Waals surface area contributed by atoms with Crippen molar-refractivity contribution in [3.63, 3.8) is 0 Å². The highest BCUT2D eigenvalue weighted by atomic mass is 16.5. The van der Waals surface area contributed by atoms with Crippen molar-refractivity contribution in [2.45, 2.75) is 38.1 Å². The molecule has 17 heavy (non-hydrogen) atoms. The largest absolute Gasteiger partial charge is 0.379 e. The maximum absolute atomic E-state index is 12.0. The van der Waals surface area contributed by atoms with Crippen molar-refractivity contribution < 1.29 is 9.53 Å². The lowest BCUT2D eigenvalue weighted by atomic mass is 10.0. The molecule has 0 spiro atoms. The highest BCUT2D eigenvalue weighted by Crippen LogP contribution is 2.26. The molecule has 1 amide bonds. The first kappa shape index (κ1) is 12.8. The molecule has 0 aromatic rings. The topological polar surface area (TPSA) is 50.4 Å². The van der Waals surface area contributed by atoms with Crippen molar-refractivity contribution in [1.82, 2.24) is 10.6 Å². The Kier molecular flexibility index (Phi) is 4.80. The van der Waals surface area contributed by atoms with Gasteiger partial charge in [0.25, 0.3) is 0 Å². The van der Waals surface area contributed by atoms with E-state index in [1.54, 1.807) is 0 Å². The summed E-state index contributed by atoms with van der Waals surface area (Å²) in [6.45, 7) is 2.04. The van der Waals surface area contributed by atoms with Crippen LogP contribution in [0, 0.1) is 11.8 Å². The third-order valence-electron chi connectivity index (χ3n) is 4.11. The molecule has 4 nitrogen and oxygen atoms in total. The zero-order chi connectivity index (χ0) is 12.1. The normalized spacial score (nSPS) is 29.7. The Hall–Kier alpha value is -0.610. The highest BCUT2D eigenvalue weighted by Gasteiger charge is 2.32. The number of likely N-dealkylation sites (N-methyl/N-ethyl adjacent to an activating group) is 1. The fourth-order valence-electron chi connectivity index (χ4n) is 2.93. The quantitative estimate of drug-likeness (QED) is 0.751. The van der Waals surface area contributed by atoms with Crippen molar-refractivity contribution in [3.8, 4) is 0 Å². The minimum atomic E-state index is -0.0106. The summed E-state index contributed by atoms with van der Waals surface area (Å²) in [5, 5.41) is 6.20. The molecule has 0 aromatic carbocycles. The van der Waals surface area contributed by atoms with E-state index in [0.29, 0.717) is 13.2 Å². The Labute approximate surface area is 103 Å². The highest BCUT2D eigenvalue weighted by molar-refractivity contribution is 5.79. The number of carbonyl (C=O) groups is 1. The Morgan fingerprint density at radius 1 is 1.29 bits per heavy atom. The molecular weight excluding hydrogens is 216 g/mol. The van der Waals surface area contributed by atoms with E-state index >= 15 is 0 Å². The molecule has 2 atom stereocenters. The second kappa shape index (κ2) is 6.36. The van der Waals surface area contributed by atoms with Crippen LogP contribution in [0.4, 0.5) is 0 Å². The number of amides is 1. The average Bonchev–Trinajstić information content (AvgIpc) is 2.99. The van der Waals surface area contributed by atoms with Crippen LogP contribution in [0.1, 0.15) is 32.1 Å². The number of nitrogens with one attached hydrogen (secondary N) is 2. The van der Waals surface area contributed by atoms with Gasteiger partial charge >= 0.3 is 0 Å². The second-order valence-corrected chi connectivity index (χ2v) is 5.27. The number of hydrogen-bond acceptors (Lipinski definition) is 3. The van der Waals surface area contributed by atoms with Gasteiger partial charge in [-0.1, -0.05) is 25.7 Å². The SMILES string of the molecule is CNC1COCC1C(=O)NCCC1CCCC1. The summed E-state index contributed by atoms with van der Waals surface area (Å²) in [6, 6.07) is 0.182. The molecule has 1 heterocycles. The van der Waals surface area contributed by atoms with Crippen LogP contribution in [0.25, 0.3) is 0 Å². The summed E-state index contributed by atoms with van der Waals surface area (Å²) < 4.78 is 5.34. The fourth-order valence-corrected chi connectivity index (χ4v) is 2.93. The third-order valence-corrected chi connectivity index (χ3v) is 4.11. The predicted octanol–water partition coefficient (Wildman–Crippen LogP) is 0.917. The molecule has 0 bridgehead atoms. The lowest BCUT2D eigenvalue weighted by Crippen LogP contribution is -2.43. The van der Waals surface area contributed by atoms with Crippen LogP contribution in [0.3, 0.4) is 0 Å². The minimum Gasteiger partial charge on any atom is -0.379 e. The Bertz CT molecular complexity index is 252. The number of ether oxygens (including phenoxy) is 1. The monoisotopic (exact) mass is 240 g/mol. The van der Waals surface area contributed by atoms with Gasteiger partial charge in [0.2, 0.25) is 5.91 Å². The standard InChI is InChI=1S/C13H24N2O2/c1-14-12-9-17-8-11(12)13(16)15-7-6-10-4-2-3-5-10/h10-12,14H,2-9H2,1H3,(H,15,16). The lowest BCUT2D eigenvalue weighted by Gasteiger charge is -2.17. The molecule has 1 saturated carbocycles. The molecule has 0 aromatic heterocycles. The smallest absolute Gasteiger partial charge is 0.227 e. The summed E-state index contributed by atoms with van der Waals surface area (Å²) in [5.74, 6) is 0.985. The summed E-state index contributed by atoms with van der Waals surface area (Å²) in [4.78, 5) is 12.0. The molecule has 2 aliphatic rings. The van der Waals surface area contributed by atoms with Crippen molar-refractivity contribution >= 4 is 5.91 Å². The van der Waals surface area contributed by atoms with Gasteiger partial charge in [0.15, 0.2) is 0 Å². The first-order valence-corrected chi connectivity index (χ1v) is 6.84. The number of rotatable bonds is 5. The van der Waals surface area contributed by atoms with E-state index in [1.165, 1.54) is 25.7 Å². The Morgan fingerprint density at radius 3 is 2.76 bits per heavy atom. The molecule has 0 radical (unpaired) electrons. The zero-order valence-corrected chi connectivity index (χ0v) is 10.7. The van der Waals surface area contributed by atoms with E-state index in [1.807, 2.05) is 7.05 Å². The minimum absolute atomic E-state index is 0.0106. The average molecular weight is 240 g/mol. The first-order chi connectivity index (χ1) is 8.31. The van der Waals surface area contributed by atoms with Gasteiger partial charge in [0, 0.05) is 12.6 Å². The van der Waals surface area contributed by atoms with Crippen LogP contribution >= 0.6 is 0 Å². The van der Waals surface area contributed by atoms with Crippen molar-refractivity contribution in [3.05, 3.63) is 0 Å². The molecule has 1 saturated heterocycles. The van der Waals surface area contributed by atoms with Crippen molar-refractivity contribution in [2.24, 2.45) is 11.8 Å². The third kappa shape index (κ3) is 3.42. The molecule has 1 aliphatic heterocycles. The van der Waals surface area contributed by atoms with Crippen molar-refractivity contribution in [2.75, 3.05) is 26.8 Å². The summed E-state index contributed by atoms with van der Waals surface area (Å²) in [7, 11) is 1.89. The van der Waals surface area contributed by atoms with Crippen LogP contribution in [0.5, 0.6) is 0 Å². The first-order valence-electron chi connectivity index (χ1n) is 6.84. The second-order valence-electron chi connectivity index (χ2n) is 5.27. The predicted molar refractivity (Wildman–Crippen MR) is 66.7 cm³/mol. The van der Waals surface area contributed by atoms with E-state index in [-0.39, 0.29) is 17.9 Å². The maximum atomic E-state index is 12.0. The molecule has 2 N–H and O–H groups in total. The molecule has 98 valence electrons. The van der Waals surface area contributed by atoms with Crippen LogP contribution in [0.2, 0.25) is 0 Å². The van der Waals surface area contributed by atoms with Gasteiger partial charge in [0.1, 0.15) is 0 Å². The summed E-state index contributed by atoms with van der Waals surface area (Å²) in [5.41, 5.74) is 0. The van der Waals surface area contributed by atoms with Gasteiger partial charge in [-0.3, -0.25) is 4.79 Å². The molecule has 2 rings (SSSR count). The van der Waals surface area contributed by atoms with Crippen LogP contribution in [-0.2, 0) is 9.53 Å². The Morgan fingerprint density at radius 2 is 2.06 bits per heavy atom. The van der Waals surface area contributed by atoms with E-state index in [0.717, 1.165) is 18.9 Å². The van der Waals surface area contributed by atoms with E-state index in [4.69, 9.17) is 4.74 Å². The van der Waals surface area contributed by atoms with Gasteiger partial charge < -0.3 is 15.4 Å². The van der Waals surface area contributed by atoms with Gasteiger partial charge in [-0.05, 0) is 19.4 Å². The van der Waals surface area contributed by atoms with E-state index < -0.39 is 0 Å². The number of hydrogen-bond donors (Lipinski definition) is 2.